The molecule has 5 heteroatoms. The van der Waals surface area contributed by atoms with Crippen molar-refractivity contribution in [1.29, 1.82) is 0 Å². The maximum atomic E-state index is 13.4. The Morgan fingerprint density at radius 2 is 2.12 bits per heavy atom. The predicted octanol–water partition coefficient (Wildman–Crippen LogP) is 3.03. The van der Waals surface area contributed by atoms with E-state index in [0.29, 0.717) is 5.56 Å². The molecule has 1 atom stereocenters. The van der Waals surface area contributed by atoms with Gasteiger partial charge in [0.2, 0.25) is 0 Å². The van der Waals surface area contributed by atoms with Crippen molar-refractivity contribution in [2.45, 2.75) is 18.7 Å². The number of ketones is 1. The fraction of sp³-hybridized carbons (Fsp3) is 0.333. The van der Waals surface area contributed by atoms with Crippen LogP contribution < -0.4 is 0 Å². The zero-order chi connectivity index (χ0) is 13.0. The summed E-state index contributed by atoms with van der Waals surface area (Å²) >= 11 is 3.17. The van der Waals surface area contributed by atoms with E-state index in [9.17, 15) is 14.0 Å². The van der Waals surface area contributed by atoms with Crippen molar-refractivity contribution >= 4 is 27.7 Å². The van der Waals surface area contributed by atoms with Crippen molar-refractivity contribution in [3.63, 3.8) is 0 Å². The Morgan fingerprint density at radius 3 is 2.65 bits per heavy atom. The lowest BCUT2D eigenvalue weighted by Crippen LogP contribution is -2.09. The number of benzene rings is 1. The molecule has 1 unspecified atom stereocenters. The van der Waals surface area contributed by atoms with Crippen LogP contribution in [0.15, 0.2) is 18.2 Å². The molecule has 92 valence electrons. The molecule has 17 heavy (non-hydrogen) atoms. The monoisotopic (exact) mass is 302 g/mol. The number of Topliss-reactive ketones (excluding diaryl/α,β-unsaturated/α-hetero) is 1. The van der Waals surface area contributed by atoms with E-state index in [1.165, 1.54) is 19.1 Å². The Balaban J connectivity index is 3.10. The summed E-state index contributed by atoms with van der Waals surface area (Å²) in [6, 6.07) is 3.94. The van der Waals surface area contributed by atoms with Crippen LogP contribution in [0.2, 0.25) is 0 Å². The van der Waals surface area contributed by atoms with Gasteiger partial charge in [-0.1, -0.05) is 22.0 Å². The van der Waals surface area contributed by atoms with E-state index < -0.39 is 16.6 Å². The summed E-state index contributed by atoms with van der Waals surface area (Å²) in [5, 5.41) is 0. The second-order valence-electron chi connectivity index (χ2n) is 3.43. The van der Waals surface area contributed by atoms with Gasteiger partial charge in [0, 0.05) is 0 Å². The van der Waals surface area contributed by atoms with Crippen molar-refractivity contribution in [2.24, 2.45) is 0 Å². The van der Waals surface area contributed by atoms with Gasteiger partial charge >= 0.3 is 5.97 Å². The van der Waals surface area contributed by atoms with Crippen molar-refractivity contribution in [3.8, 4) is 0 Å². The molecule has 0 fully saturated rings. The minimum absolute atomic E-state index is 0.119. The largest absolute Gasteiger partial charge is 0.462 e. The Labute approximate surface area is 107 Å². The molecule has 0 N–H and O–H groups in total. The first kappa shape index (κ1) is 13.8. The minimum Gasteiger partial charge on any atom is -0.462 e. The summed E-state index contributed by atoms with van der Waals surface area (Å²) in [6.45, 7) is 3.22. The lowest BCUT2D eigenvalue weighted by atomic mass is 10.1. The molecule has 0 saturated heterocycles. The number of hydrogen-bond acceptors (Lipinski definition) is 3. The number of hydrogen-bond donors (Lipinski definition) is 0. The maximum absolute atomic E-state index is 13.4. The smallest absolute Gasteiger partial charge is 0.341 e. The van der Waals surface area contributed by atoms with Crippen LogP contribution in [0.25, 0.3) is 0 Å². The standard InChI is InChI=1S/C12H12BrFO3/c1-3-17-12(16)9-6-8(4-5-10(9)14)11(13)7(2)15/h4-6,11H,3H2,1-2H3. The molecule has 0 aromatic heterocycles. The quantitative estimate of drug-likeness (QED) is 0.634. The number of carbonyl (C=O) groups is 2. The molecule has 1 aromatic carbocycles. The SMILES string of the molecule is CCOC(=O)c1cc(C(Br)C(C)=O)ccc1F. The third-order valence-electron chi connectivity index (χ3n) is 2.14. The molecule has 0 aliphatic rings. The summed E-state index contributed by atoms with van der Waals surface area (Å²) in [7, 11) is 0. The van der Waals surface area contributed by atoms with Crippen molar-refractivity contribution in [3.05, 3.63) is 35.1 Å². The van der Waals surface area contributed by atoms with Crippen LogP contribution >= 0.6 is 15.9 Å². The molecule has 1 aromatic rings. The van der Waals surface area contributed by atoms with Gasteiger partial charge in [0.05, 0.1) is 17.0 Å². The summed E-state index contributed by atoms with van der Waals surface area (Å²) in [4.78, 5) is 22.1. The number of rotatable bonds is 4. The average Bonchev–Trinajstić information content (AvgIpc) is 2.28. The van der Waals surface area contributed by atoms with Gasteiger partial charge in [-0.3, -0.25) is 4.79 Å². The first-order chi connectivity index (χ1) is 7.97. The van der Waals surface area contributed by atoms with Gasteiger partial charge in [0.15, 0.2) is 0 Å². The molecule has 0 spiro atoms. The zero-order valence-electron chi connectivity index (χ0n) is 9.50. The van der Waals surface area contributed by atoms with E-state index in [1.807, 2.05) is 0 Å². The highest BCUT2D eigenvalue weighted by molar-refractivity contribution is 9.09. The van der Waals surface area contributed by atoms with E-state index >= 15 is 0 Å². The normalized spacial score (nSPS) is 12.0. The molecule has 1 rings (SSSR count). The molecular formula is C12H12BrFO3. The molecule has 0 aliphatic heterocycles. The summed E-state index contributed by atoms with van der Waals surface area (Å²) in [5.41, 5.74) is 0.372. The Kier molecular flexibility index (Phi) is 4.81. The topological polar surface area (TPSA) is 43.4 Å². The maximum Gasteiger partial charge on any atom is 0.341 e. The molecule has 0 aliphatic carbocycles. The Hall–Kier alpha value is -1.23. The van der Waals surface area contributed by atoms with Crippen LogP contribution in [0.4, 0.5) is 4.39 Å². The lowest BCUT2D eigenvalue weighted by molar-refractivity contribution is -0.116. The van der Waals surface area contributed by atoms with Crippen LogP contribution in [-0.2, 0) is 9.53 Å². The van der Waals surface area contributed by atoms with E-state index in [1.54, 1.807) is 6.92 Å². The lowest BCUT2D eigenvalue weighted by Gasteiger charge is -2.09. The minimum atomic E-state index is -0.727. The molecular weight excluding hydrogens is 291 g/mol. The highest BCUT2D eigenvalue weighted by atomic mass is 79.9. The molecule has 0 heterocycles. The van der Waals surface area contributed by atoms with Crippen LogP contribution in [0.3, 0.4) is 0 Å². The van der Waals surface area contributed by atoms with Gasteiger partial charge in [0.25, 0.3) is 0 Å². The van der Waals surface area contributed by atoms with E-state index in [0.717, 1.165) is 6.07 Å². The molecule has 0 amide bonds. The highest BCUT2D eigenvalue weighted by Gasteiger charge is 2.18. The Morgan fingerprint density at radius 1 is 1.47 bits per heavy atom. The van der Waals surface area contributed by atoms with Crippen LogP contribution in [0.1, 0.15) is 34.6 Å². The number of halogens is 2. The van der Waals surface area contributed by atoms with Crippen molar-refractivity contribution in [1.82, 2.24) is 0 Å². The summed E-state index contributed by atoms with van der Waals surface area (Å²) in [5.74, 6) is -1.50. The zero-order valence-corrected chi connectivity index (χ0v) is 11.1. The van der Waals surface area contributed by atoms with Crippen LogP contribution in [0.5, 0.6) is 0 Å². The molecule has 0 radical (unpaired) electrons. The fourth-order valence-corrected chi connectivity index (χ4v) is 1.59. The van der Waals surface area contributed by atoms with Crippen molar-refractivity contribution in [2.75, 3.05) is 6.61 Å². The molecule has 0 saturated carbocycles. The summed E-state index contributed by atoms with van der Waals surface area (Å²) in [6.07, 6.45) is 0. The van der Waals surface area contributed by atoms with Gasteiger partial charge in [-0.2, -0.15) is 0 Å². The molecule has 3 nitrogen and oxygen atoms in total. The first-order valence-corrected chi connectivity index (χ1v) is 6.00. The van der Waals surface area contributed by atoms with Gasteiger partial charge in [-0.25, -0.2) is 9.18 Å². The highest BCUT2D eigenvalue weighted by Crippen LogP contribution is 2.25. The third-order valence-corrected chi connectivity index (χ3v) is 3.31. The van der Waals surface area contributed by atoms with Gasteiger partial charge < -0.3 is 4.74 Å². The molecule has 0 bridgehead atoms. The van der Waals surface area contributed by atoms with Crippen LogP contribution in [-0.4, -0.2) is 18.4 Å². The van der Waals surface area contributed by atoms with E-state index in [4.69, 9.17) is 4.74 Å². The van der Waals surface area contributed by atoms with Gasteiger partial charge in [-0.05, 0) is 31.5 Å². The number of esters is 1. The predicted molar refractivity (Wildman–Crippen MR) is 64.7 cm³/mol. The third kappa shape index (κ3) is 3.36. The van der Waals surface area contributed by atoms with E-state index in [2.05, 4.69) is 15.9 Å². The second-order valence-corrected chi connectivity index (χ2v) is 4.35. The number of carbonyl (C=O) groups excluding carboxylic acids is 2. The average molecular weight is 303 g/mol. The van der Waals surface area contributed by atoms with Gasteiger partial charge in [0.1, 0.15) is 11.6 Å². The number of alkyl halides is 1. The second kappa shape index (κ2) is 5.91. The number of ether oxygens (including phenoxy) is 1. The van der Waals surface area contributed by atoms with Crippen molar-refractivity contribution < 1.29 is 18.7 Å². The van der Waals surface area contributed by atoms with Crippen LogP contribution in [0, 0.1) is 5.82 Å². The summed E-state index contributed by atoms with van der Waals surface area (Å²) < 4.78 is 18.1. The Bertz CT molecular complexity index is 445. The first-order valence-electron chi connectivity index (χ1n) is 5.08. The van der Waals surface area contributed by atoms with Gasteiger partial charge in [-0.15, -0.1) is 0 Å². The van der Waals surface area contributed by atoms with E-state index in [-0.39, 0.29) is 18.0 Å². The fourth-order valence-electron chi connectivity index (χ4n) is 1.30.